The van der Waals surface area contributed by atoms with Crippen molar-refractivity contribution in [3.8, 4) is 11.4 Å². The molecule has 0 atom stereocenters. The lowest BCUT2D eigenvalue weighted by Crippen LogP contribution is -2.04. The standard InChI is InChI=1S/C20H18FN5/c1-12(2)16-11-24-18(13-3-5-14(21)6-4-13)26-20(16)25-17-8-10-23-19-15(17)7-9-22-19/h3-12H,1-2H3,(H2,22,23,24,25,26). The summed E-state index contributed by atoms with van der Waals surface area (Å²) < 4.78 is 13.2. The van der Waals surface area contributed by atoms with Crippen LogP contribution in [-0.2, 0) is 0 Å². The van der Waals surface area contributed by atoms with Gasteiger partial charge in [0, 0.05) is 35.1 Å². The molecule has 0 saturated carbocycles. The highest BCUT2D eigenvalue weighted by molar-refractivity contribution is 5.91. The summed E-state index contributed by atoms with van der Waals surface area (Å²) in [7, 11) is 0. The van der Waals surface area contributed by atoms with E-state index in [4.69, 9.17) is 4.98 Å². The minimum Gasteiger partial charge on any atom is -0.346 e. The van der Waals surface area contributed by atoms with Crippen molar-refractivity contribution in [2.75, 3.05) is 5.32 Å². The highest BCUT2D eigenvalue weighted by Crippen LogP contribution is 2.30. The summed E-state index contributed by atoms with van der Waals surface area (Å²) in [5.41, 5.74) is 3.51. The van der Waals surface area contributed by atoms with E-state index in [0.717, 1.165) is 33.7 Å². The van der Waals surface area contributed by atoms with E-state index < -0.39 is 0 Å². The van der Waals surface area contributed by atoms with Gasteiger partial charge in [-0.25, -0.2) is 19.3 Å². The molecule has 4 aromatic rings. The molecule has 0 unspecified atom stereocenters. The molecular weight excluding hydrogens is 329 g/mol. The largest absolute Gasteiger partial charge is 0.346 e. The number of anilines is 2. The lowest BCUT2D eigenvalue weighted by Gasteiger charge is -2.15. The van der Waals surface area contributed by atoms with Crippen LogP contribution in [0.4, 0.5) is 15.9 Å². The smallest absolute Gasteiger partial charge is 0.161 e. The van der Waals surface area contributed by atoms with Gasteiger partial charge in [0.2, 0.25) is 0 Å². The van der Waals surface area contributed by atoms with Crippen LogP contribution in [0.15, 0.2) is 55.0 Å². The highest BCUT2D eigenvalue weighted by atomic mass is 19.1. The molecule has 0 spiro atoms. The molecule has 3 heterocycles. The van der Waals surface area contributed by atoms with Gasteiger partial charge >= 0.3 is 0 Å². The second-order valence-electron chi connectivity index (χ2n) is 6.38. The lowest BCUT2D eigenvalue weighted by molar-refractivity contribution is 0.628. The lowest BCUT2D eigenvalue weighted by atomic mass is 10.1. The Morgan fingerprint density at radius 3 is 2.62 bits per heavy atom. The van der Waals surface area contributed by atoms with Crippen LogP contribution < -0.4 is 5.32 Å². The molecule has 5 nitrogen and oxygen atoms in total. The molecule has 0 bridgehead atoms. The molecule has 6 heteroatoms. The van der Waals surface area contributed by atoms with Crippen LogP contribution in [0.2, 0.25) is 0 Å². The monoisotopic (exact) mass is 347 g/mol. The average molecular weight is 347 g/mol. The third kappa shape index (κ3) is 3.01. The summed E-state index contributed by atoms with van der Waals surface area (Å²) in [4.78, 5) is 16.6. The molecule has 26 heavy (non-hydrogen) atoms. The van der Waals surface area contributed by atoms with E-state index in [-0.39, 0.29) is 11.7 Å². The Hall–Kier alpha value is -3.28. The van der Waals surface area contributed by atoms with Crippen LogP contribution in [0.3, 0.4) is 0 Å². The van der Waals surface area contributed by atoms with E-state index in [1.807, 2.05) is 24.5 Å². The first-order valence-electron chi connectivity index (χ1n) is 8.44. The van der Waals surface area contributed by atoms with Gasteiger partial charge < -0.3 is 10.3 Å². The number of aromatic nitrogens is 4. The zero-order valence-electron chi connectivity index (χ0n) is 14.5. The van der Waals surface area contributed by atoms with Crippen molar-refractivity contribution in [2.24, 2.45) is 0 Å². The van der Waals surface area contributed by atoms with Crippen LogP contribution in [0, 0.1) is 5.82 Å². The van der Waals surface area contributed by atoms with Crippen molar-refractivity contribution < 1.29 is 4.39 Å². The zero-order chi connectivity index (χ0) is 18.1. The number of nitrogens with one attached hydrogen (secondary N) is 2. The number of nitrogens with zero attached hydrogens (tertiary/aromatic N) is 3. The van der Waals surface area contributed by atoms with Crippen LogP contribution in [-0.4, -0.2) is 19.9 Å². The molecule has 0 radical (unpaired) electrons. The van der Waals surface area contributed by atoms with Crippen molar-refractivity contribution in [3.63, 3.8) is 0 Å². The maximum Gasteiger partial charge on any atom is 0.161 e. The number of hydrogen-bond donors (Lipinski definition) is 2. The molecule has 0 amide bonds. The molecule has 0 aliphatic rings. The molecule has 0 fully saturated rings. The topological polar surface area (TPSA) is 66.5 Å². The molecule has 0 aliphatic heterocycles. The Morgan fingerprint density at radius 2 is 1.85 bits per heavy atom. The SMILES string of the molecule is CC(C)c1cnc(-c2ccc(F)cc2)nc1Nc1ccnc2[nH]ccc12. The molecule has 2 N–H and O–H groups in total. The summed E-state index contributed by atoms with van der Waals surface area (Å²) in [5.74, 6) is 1.26. The summed E-state index contributed by atoms with van der Waals surface area (Å²) in [6, 6.07) is 10.1. The van der Waals surface area contributed by atoms with E-state index in [1.54, 1.807) is 18.3 Å². The summed E-state index contributed by atoms with van der Waals surface area (Å²) in [5, 5.41) is 4.41. The van der Waals surface area contributed by atoms with E-state index in [1.165, 1.54) is 12.1 Å². The number of aromatic amines is 1. The van der Waals surface area contributed by atoms with E-state index in [9.17, 15) is 4.39 Å². The number of halogens is 1. The van der Waals surface area contributed by atoms with Gasteiger partial charge in [0.25, 0.3) is 0 Å². The van der Waals surface area contributed by atoms with Gasteiger partial charge in [-0.05, 0) is 42.3 Å². The van der Waals surface area contributed by atoms with Crippen LogP contribution in [0.5, 0.6) is 0 Å². The van der Waals surface area contributed by atoms with Gasteiger partial charge in [0.1, 0.15) is 17.3 Å². The number of rotatable bonds is 4. The van der Waals surface area contributed by atoms with Crippen molar-refractivity contribution >= 4 is 22.5 Å². The fourth-order valence-corrected chi connectivity index (χ4v) is 2.85. The first-order valence-corrected chi connectivity index (χ1v) is 8.44. The minimum atomic E-state index is -0.280. The number of fused-ring (bicyclic) bond motifs is 1. The summed E-state index contributed by atoms with van der Waals surface area (Å²) >= 11 is 0. The summed E-state index contributed by atoms with van der Waals surface area (Å²) in [6.45, 7) is 4.19. The molecule has 3 aromatic heterocycles. The van der Waals surface area contributed by atoms with E-state index in [0.29, 0.717) is 5.82 Å². The van der Waals surface area contributed by atoms with Gasteiger partial charge in [0.05, 0.1) is 5.69 Å². The molecular formula is C20H18FN5. The maximum absolute atomic E-state index is 13.2. The second kappa shape index (κ2) is 6.55. The molecule has 0 saturated heterocycles. The van der Waals surface area contributed by atoms with Crippen molar-refractivity contribution in [1.82, 2.24) is 19.9 Å². The summed E-state index contributed by atoms with van der Waals surface area (Å²) in [6.07, 6.45) is 5.43. The minimum absolute atomic E-state index is 0.253. The molecule has 4 rings (SSSR count). The molecule has 0 aliphatic carbocycles. The van der Waals surface area contributed by atoms with Crippen molar-refractivity contribution in [2.45, 2.75) is 19.8 Å². The highest BCUT2D eigenvalue weighted by Gasteiger charge is 2.13. The predicted octanol–water partition coefficient (Wildman–Crippen LogP) is 5.03. The van der Waals surface area contributed by atoms with E-state index >= 15 is 0 Å². The first-order chi connectivity index (χ1) is 12.6. The van der Waals surface area contributed by atoms with E-state index in [2.05, 4.69) is 34.1 Å². The fourth-order valence-electron chi connectivity index (χ4n) is 2.85. The number of hydrogen-bond acceptors (Lipinski definition) is 4. The van der Waals surface area contributed by atoms with Crippen molar-refractivity contribution in [3.05, 3.63) is 66.4 Å². The quantitative estimate of drug-likeness (QED) is 0.543. The Kier molecular flexibility index (Phi) is 4.08. The first kappa shape index (κ1) is 16.2. The number of H-pyrrole nitrogens is 1. The Bertz CT molecular complexity index is 1050. The number of pyridine rings is 1. The van der Waals surface area contributed by atoms with Crippen LogP contribution in [0.1, 0.15) is 25.3 Å². The van der Waals surface area contributed by atoms with Gasteiger partial charge in [-0.2, -0.15) is 0 Å². The maximum atomic E-state index is 13.2. The zero-order valence-corrected chi connectivity index (χ0v) is 14.5. The number of benzene rings is 1. The Labute approximate surface area is 150 Å². The predicted molar refractivity (Wildman–Crippen MR) is 101 cm³/mol. The Balaban J connectivity index is 1.79. The average Bonchev–Trinajstić information content (AvgIpc) is 3.12. The Morgan fingerprint density at radius 1 is 1.04 bits per heavy atom. The molecule has 130 valence electrons. The van der Waals surface area contributed by atoms with Crippen LogP contribution in [0.25, 0.3) is 22.4 Å². The third-order valence-electron chi connectivity index (χ3n) is 4.25. The van der Waals surface area contributed by atoms with Crippen LogP contribution >= 0.6 is 0 Å². The van der Waals surface area contributed by atoms with Gasteiger partial charge in [-0.15, -0.1) is 0 Å². The second-order valence-corrected chi connectivity index (χ2v) is 6.38. The van der Waals surface area contributed by atoms with Gasteiger partial charge in [-0.3, -0.25) is 0 Å². The van der Waals surface area contributed by atoms with Gasteiger partial charge in [0.15, 0.2) is 5.82 Å². The third-order valence-corrected chi connectivity index (χ3v) is 4.25. The normalized spacial score (nSPS) is 11.2. The van der Waals surface area contributed by atoms with Crippen molar-refractivity contribution in [1.29, 1.82) is 0 Å². The molecule has 1 aromatic carbocycles. The van der Waals surface area contributed by atoms with Gasteiger partial charge in [-0.1, -0.05) is 13.8 Å². The fraction of sp³-hybridized carbons (Fsp3) is 0.150.